The first-order valence-electron chi connectivity index (χ1n) is 14.0. The van der Waals surface area contributed by atoms with Crippen LogP contribution in [0, 0.1) is 0 Å². The lowest BCUT2D eigenvalue weighted by Crippen LogP contribution is -2.56. The Labute approximate surface area is 230 Å². The first kappa shape index (κ1) is 28.6. The molecule has 1 aromatic carbocycles. The SMILES string of the molecule is C=C(N[C@H]1CCCC[C@H]2CC[C@@H](C(=O)NCc3cccc(CNC(=O)[C@H]4CCC(=O)O4)c3)N2C1=O)[C@H](C)NC. The highest BCUT2D eigenvalue weighted by Gasteiger charge is 2.43. The number of likely N-dealkylation sites (N-methyl/N-ethyl adjacent to an activating group) is 1. The van der Waals surface area contributed by atoms with E-state index in [0.717, 1.165) is 48.9 Å². The molecule has 0 aliphatic carbocycles. The Bertz CT molecular complexity index is 1090. The molecule has 0 saturated carbocycles. The summed E-state index contributed by atoms with van der Waals surface area (Å²) in [5, 5.41) is 12.3. The maximum absolute atomic E-state index is 13.7. The van der Waals surface area contributed by atoms with Gasteiger partial charge in [0.05, 0.1) is 0 Å². The highest BCUT2D eigenvalue weighted by atomic mass is 16.6. The maximum atomic E-state index is 13.7. The highest BCUT2D eigenvalue weighted by molar-refractivity contribution is 5.91. The third-order valence-corrected chi connectivity index (χ3v) is 8.05. The van der Waals surface area contributed by atoms with E-state index < -0.39 is 12.1 Å². The van der Waals surface area contributed by atoms with Gasteiger partial charge < -0.3 is 30.9 Å². The van der Waals surface area contributed by atoms with E-state index in [1.54, 1.807) is 0 Å². The van der Waals surface area contributed by atoms with Crippen LogP contribution < -0.4 is 21.3 Å². The molecule has 3 amide bonds. The summed E-state index contributed by atoms with van der Waals surface area (Å²) in [5.41, 5.74) is 2.55. The second-order valence-electron chi connectivity index (χ2n) is 10.8. The lowest BCUT2D eigenvalue weighted by molar-refractivity contribution is -0.148. The van der Waals surface area contributed by atoms with Gasteiger partial charge in [0.1, 0.15) is 12.1 Å². The van der Waals surface area contributed by atoms with Gasteiger partial charge in [0.25, 0.3) is 5.91 Å². The van der Waals surface area contributed by atoms with Crippen LogP contribution in [-0.2, 0) is 37.0 Å². The van der Waals surface area contributed by atoms with E-state index in [2.05, 4.69) is 27.8 Å². The largest absolute Gasteiger partial charge is 0.452 e. The minimum atomic E-state index is -0.721. The minimum Gasteiger partial charge on any atom is -0.452 e. The Morgan fingerprint density at radius 1 is 1.03 bits per heavy atom. The first-order valence-corrected chi connectivity index (χ1v) is 14.0. The molecular weight excluding hydrogens is 498 g/mol. The van der Waals surface area contributed by atoms with Gasteiger partial charge >= 0.3 is 5.97 Å². The molecule has 39 heavy (non-hydrogen) atoms. The third kappa shape index (κ3) is 7.17. The van der Waals surface area contributed by atoms with Crippen molar-refractivity contribution in [2.75, 3.05) is 7.05 Å². The summed E-state index contributed by atoms with van der Waals surface area (Å²) < 4.78 is 5.01. The Morgan fingerprint density at radius 2 is 1.72 bits per heavy atom. The van der Waals surface area contributed by atoms with E-state index in [4.69, 9.17) is 4.74 Å². The normalized spacial score (nSPS) is 25.6. The van der Waals surface area contributed by atoms with Crippen LogP contribution in [0.3, 0.4) is 0 Å². The summed E-state index contributed by atoms with van der Waals surface area (Å²) in [6.07, 6.45) is 5.06. The number of amides is 3. The fourth-order valence-corrected chi connectivity index (χ4v) is 5.62. The lowest BCUT2D eigenvalue weighted by Gasteiger charge is -2.36. The molecule has 0 bridgehead atoms. The molecule has 1 aromatic rings. The van der Waals surface area contributed by atoms with Crippen molar-refractivity contribution in [1.82, 2.24) is 26.2 Å². The van der Waals surface area contributed by atoms with Crippen LogP contribution >= 0.6 is 0 Å². The number of esters is 1. The molecule has 0 unspecified atom stereocenters. The number of fused-ring (bicyclic) bond motifs is 1. The second kappa shape index (κ2) is 13.1. The molecular formula is C29H41N5O5. The molecule has 3 aliphatic rings. The van der Waals surface area contributed by atoms with Crippen molar-refractivity contribution in [3.8, 4) is 0 Å². The van der Waals surface area contributed by atoms with Crippen molar-refractivity contribution >= 4 is 23.7 Å². The van der Waals surface area contributed by atoms with E-state index in [0.29, 0.717) is 25.9 Å². The number of cyclic esters (lactones) is 1. The van der Waals surface area contributed by atoms with Gasteiger partial charge in [-0.2, -0.15) is 0 Å². The van der Waals surface area contributed by atoms with E-state index in [1.165, 1.54) is 0 Å². The average Bonchev–Trinajstić information content (AvgIpc) is 3.56. The molecule has 3 heterocycles. The molecule has 3 saturated heterocycles. The Morgan fingerprint density at radius 3 is 2.38 bits per heavy atom. The first-order chi connectivity index (χ1) is 18.8. The summed E-state index contributed by atoms with van der Waals surface area (Å²) in [6, 6.07) is 6.84. The topological polar surface area (TPSA) is 129 Å². The molecule has 3 aliphatic heterocycles. The summed E-state index contributed by atoms with van der Waals surface area (Å²) >= 11 is 0. The monoisotopic (exact) mass is 539 g/mol. The molecule has 10 heteroatoms. The zero-order valence-corrected chi connectivity index (χ0v) is 23.0. The predicted octanol–water partition coefficient (Wildman–Crippen LogP) is 1.64. The summed E-state index contributed by atoms with van der Waals surface area (Å²) in [7, 11) is 1.86. The van der Waals surface area contributed by atoms with Gasteiger partial charge in [0.2, 0.25) is 11.8 Å². The van der Waals surface area contributed by atoms with Crippen LogP contribution in [0.1, 0.15) is 69.4 Å². The number of hydrogen-bond acceptors (Lipinski definition) is 7. The number of ether oxygens (including phenoxy) is 1. The van der Waals surface area contributed by atoms with E-state index in [-0.39, 0.29) is 48.2 Å². The van der Waals surface area contributed by atoms with Crippen LogP contribution in [0.4, 0.5) is 0 Å². The van der Waals surface area contributed by atoms with E-state index in [1.807, 2.05) is 43.1 Å². The summed E-state index contributed by atoms with van der Waals surface area (Å²) in [6.45, 7) is 6.71. The maximum Gasteiger partial charge on any atom is 0.306 e. The summed E-state index contributed by atoms with van der Waals surface area (Å²) in [4.78, 5) is 52.3. The third-order valence-electron chi connectivity index (χ3n) is 8.05. The van der Waals surface area contributed by atoms with Gasteiger partial charge in [-0.1, -0.05) is 43.7 Å². The van der Waals surface area contributed by atoms with Gasteiger partial charge in [-0.25, -0.2) is 0 Å². The quantitative estimate of drug-likeness (QED) is 0.333. The number of rotatable bonds is 10. The van der Waals surface area contributed by atoms with E-state index >= 15 is 0 Å². The van der Waals surface area contributed by atoms with Crippen LogP contribution in [0.15, 0.2) is 36.5 Å². The number of benzene rings is 1. The molecule has 0 aromatic heterocycles. The lowest BCUT2D eigenvalue weighted by atomic mass is 9.98. The molecule has 3 fully saturated rings. The fourth-order valence-electron chi connectivity index (χ4n) is 5.62. The number of nitrogens with one attached hydrogen (secondary N) is 4. The van der Waals surface area contributed by atoms with Crippen LogP contribution in [0.25, 0.3) is 0 Å². The van der Waals surface area contributed by atoms with Crippen molar-refractivity contribution < 1.29 is 23.9 Å². The van der Waals surface area contributed by atoms with E-state index in [9.17, 15) is 19.2 Å². The second-order valence-corrected chi connectivity index (χ2v) is 10.8. The van der Waals surface area contributed by atoms with Gasteiger partial charge in [-0.05, 0) is 50.8 Å². The highest BCUT2D eigenvalue weighted by Crippen LogP contribution is 2.31. The predicted molar refractivity (Wildman–Crippen MR) is 146 cm³/mol. The Hall–Kier alpha value is -3.40. The number of nitrogens with zero attached hydrogens (tertiary/aromatic N) is 1. The number of carbonyl (C=O) groups excluding carboxylic acids is 4. The van der Waals surface area contributed by atoms with Crippen LogP contribution in [0.5, 0.6) is 0 Å². The van der Waals surface area contributed by atoms with Crippen molar-refractivity contribution in [3.05, 3.63) is 47.7 Å². The van der Waals surface area contributed by atoms with Crippen LogP contribution in [-0.4, -0.2) is 65.9 Å². The van der Waals surface area contributed by atoms with Gasteiger partial charge in [-0.15, -0.1) is 0 Å². The average molecular weight is 540 g/mol. The minimum absolute atomic E-state index is 0.0208. The molecule has 4 N–H and O–H groups in total. The van der Waals surface area contributed by atoms with Crippen molar-refractivity contribution in [2.45, 2.75) is 102 Å². The van der Waals surface area contributed by atoms with Crippen LogP contribution in [0.2, 0.25) is 0 Å². The standard InChI is InChI=1S/C29H41N5O5/c1-18(30-3)19(2)33-23-10-5-4-9-22-11-12-24(34(22)29(23)38)27(36)31-16-20-7-6-8-21(15-20)17-32-28(37)25-13-14-26(35)39-25/h6-8,15,18,22-25,30,33H,2,4-5,9-14,16-17H2,1,3H3,(H,31,36)(H,32,37)/t18-,22-,23-,24-,25+/m0/s1. The molecule has 0 spiro atoms. The van der Waals surface area contributed by atoms with Gasteiger partial charge in [0.15, 0.2) is 6.10 Å². The van der Waals surface area contributed by atoms with Crippen molar-refractivity contribution in [2.24, 2.45) is 0 Å². The molecule has 10 nitrogen and oxygen atoms in total. The Kier molecular flexibility index (Phi) is 9.61. The van der Waals surface area contributed by atoms with Crippen molar-refractivity contribution in [3.63, 3.8) is 0 Å². The zero-order valence-electron chi connectivity index (χ0n) is 23.0. The Balaban J connectivity index is 1.34. The molecule has 212 valence electrons. The molecule has 5 atom stereocenters. The fraction of sp³-hybridized carbons (Fsp3) is 0.586. The zero-order chi connectivity index (χ0) is 27.9. The molecule has 4 rings (SSSR count). The summed E-state index contributed by atoms with van der Waals surface area (Å²) in [5.74, 6) is -0.814. The number of hydrogen-bond donors (Lipinski definition) is 4. The van der Waals surface area contributed by atoms with Gasteiger partial charge in [-0.3, -0.25) is 19.2 Å². The number of carbonyl (C=O) groups is 4. The smallest absolute Gasteiger partial charge is 0.306 e. The van der Waals surface area contributed by atoms with Gasteiger partial charge in [0, 0.05) is 43.7 Å². The van der Waals surface area contributed by atoms with Crippen molar-refractivity contribution in [1.29, 1.82) is 0 Å². The molecule has 0 radical (unpaired) electrons.